The molecule has 25 heavy (non-hydrogen) atoms. The molecule has 0 fully saturated rings. The number of aromatic nitrogens is 1. The summed E-state index contributed by atoms with van der Waals surface area (Å²) in [5.74, 6) is 0.0275. The van der Waals surface area contributed by atoms with Crippen molar-refractivity contribution in [1.82, 2.24) is 4.98 Å². The molecule has 1 aromatic heterocycles. The van der Waals surface area contributed by atoms with E-state index in [4.69, 9.17) is 0 Å². The number of carbonyl (C=O) groups is 1. The van der Waals surface area contributed by atoms with Gasteiger partial charge in [-0.3, -0.25) is 9.78 Å². The number of para-hydroxylation sites is 1. The minimum atomic E-state index is 0.0275. The molecule has 0 saturated heterocycles. The van der Waals surface area contributed by atoms with Gasteiger partial charge in [-0.15, -0.1) is 0 Å². The molecule has 0 aliphatic carbocycles. The van der Waals surface area contributed by atoms with E-state index in [2.05, 4.69) is 15.6 Å². The average molecular weight is 331 g/mol. The summed E-state index contributed by atoms with van der Waals surface area (Å²) in [5.41, 5.74) is 3.85. The Morgan fingerprint density at radius 1 is 0.800 bits per heavy atom. The number of amides is 1. The van der Waals surface area contributed by atoms with Crippen LogP contribution in [0.1, 0.15) is 18.5 Å². The summed E-state index contributed by atoms with van der Waals surface area (Å²) >= 11 is 0. The summed E-state index contributed by atoms with van der Waals surface area (Å²) in [7, 11) is 0. The molecule has 1 amide bonds. The zero-order chi connectivity index (χ0) is 17.3. The number of rotatable bonds is 7. The Labute approximate surface area is 147 Å². The van der Waals surface area contributed by atoms with Crippen LogP contribution in [0.3, 0.4) is 0 Å². The van der Waals surface area contributed by atoms with Gasteiger partial charge in [-0.1, -0.05) is 24.3 Å². The molecule has 1 heterocycles. The summed E-state index contributed by atoms with van der Waals surface area (Å²) in [4.78, 5) is 16.3. The normalized spacial score (nSPS) is 10.2. The molecule has 0 aliphatic heterocycles. The van der Waals surface area contributed by atoms with Gasteiger partial charge in [-0.2, -0.15) is 0 Å². The lowest BCUT2D eigenvalue weighted by Crippen LogP contribution is -2.11. The highest BCUT2D eigenvalue weighted by molar-refractivity contribution is 5.90. The lowest BCUT2D eigenvalue weighted by Gasteiger charge is -2.08. The largest absolute Gasteiger partial charge is 0.356 e. The van der Waals surface area contributed by atoms with Crippen LogP contribution in [-0.2, 0) is 11.2 Å². The third-order valence-electron chi connectivity index (χ3n) is 3.79. The number of anilines is 3. The standard InChI is InChI=1S/C21H21N3O/c25-21(11-6-10-17-7-4-5-16-22-17)24-20-14-12-19(13-15-20)23-18-8-2-1-3-9-18/h1-5,7-9,12-16,23H,6,10-11H2,(H,24,25). The van der Waals surface area contributed by atoms with Gasteiger partial charge in [0.25, 0.3) is 0 Å². The molecule has 0 unspecified atom stereocenters. The molecular formula is C21H21N3O. The van der Waals surface area contributed by atoms with Gasteiger partial charge >= 0.3 is 0 Å². The maximum Gasteiger partial charge on any atom is 0.224 e. The van der Waals surface area contributed by atoms with E-state index >= 15 is 0 Å². The average Bonchev–Trinajstić information content (AvgIpc) is 2.65. The molecular weight excluding hydrogens is 310 g/mol. The number of hydrogen-bond acceptors (Lipinski definition) is 3. The van der Waals surface area contributed by atoms with Crippen LogP contribution in [-0.4, -0.2) is 10.9 Å². The second-order valence-electron chi connectivity index (χ2n) is 5.79. The first-order chi connectivity index (χ1) is 12.3. The Bertz CT molecular complexity index is 786. The number of nitrogens with zero attached hydrogens (tertiary/aromatic N) is 1. The molecule has 4 heteroatoms. The van der Waals surface area contributed by atoms with E-state index < -0.39 is 0 Å². The van der Waals surface area contributed by atoms with Crippen LogP contribution in [0.5, 0.6) is 0 Å². The van der Waals surface area contributed by atoms with Gasteiger partial charge in [0, 0.05) is 35.4 Å². The molecule has 2 aromatic carbocycles. The van der Waals surface area contributed by atoms with Gasteiger partial charge in [0.1, 0.15) is 0 Å². The van der Waals surface area contributed by atoms with E-state index in [-0.39, 0.29) is 5.91 Å². The lowest BCUT2D eigenvalue weighted by atomic mass is 10.1. The van der Waals surface area contributed by atoms with E-state index in [1.165, 1.54) is 0 Å². The molecule has 126 valence electrons. The van der Waals surface area contributed by atoms with Crippen molar-refractivity contribution < 1.29 is 4.79 Å². The van der Waals surface area contributed by atoms with Crippen LogP contribution in [0.2, 0.25) is 0 Å². The number of aryl methyl sites for hydroxylation is 1. The molecule has 0 aliphatic rings. The SMILES string of the molecule is O=C(CCCc1ccccn1)Nc1ccc(Nc2ccccc2)cc1. The van der Waals surface area contributed by atoms with Crippen LogP contribution in [0.15, 0.2) is 79.0 Å². The predicted octanol–water partition coefficient (Wildman–Crippen LogP) is 4.79. The molecule has 0 spiro atoms. The number of pyridine rings is 1. The van der Waals surface area contributed by atoms with Crippen molar-refractivity contribution in [2.45, 2.75) is 19.3 Å². The Kier molecular flexibility index (Phi) is 5.77. The van der Waals surface area contributed by atoms with Crippen molar-refractivity contribution in [3.63, 3.8) is 0 Å². The van der Waals surface area contributed by atoms with Gasteiger partial charge < -0.3 is 10.6 Å². The highest BCUT2D eigenvalue weighted by atomic mass is 16.1. The van der Waals surface area contributed by atoms with Crippen LogP contribution in [0.25, 0.3) is 0 Å². The van der Waals surface area contributed by atoms with Gasteiger partial charge in [-0.25, -0.2) is 0 Å². The molecule has 0 radical (unpaired) electrons. The number of hydrogen-bond donors (Lipinski definition) is 2. The van der Waals surface area contributed by atoms with Crippen LogP contribution in [0.4, 0.5) is 17.1 Å². The summed E-state index contributed by atoms with van der Waals surface area (Å²) in [6, 6.07) is 23.5. The monoisotopic (exact) mass is 331 g/mol. The molecule has 0 bridgehead atoms. The highest BCUT2D eigenvalue weighted by Crippen LogP contribution is 2.18. The fourth-order valence-electron chi connectivity index (χ4n) is 2.52. The van der Waals surface area contributed by atoms with Crippen LogP contribution in [0, 0.1) is 0 Å². The number of nitrogens with one attached hydrogen (secondary N) is 2. The molecule has 2 N–H and O–H groups in total. The van der Waals surface area contributed by atoms with Gasteiger partial charge in [0.2, 0.25) is 5.91 Å². The Balaban J connectivity index is 1.45. The molecule has 0 atom stereocenters. The first-order valence-corrected chi connectivity index (χ1v) is 8.41. The molecule has 0 saturated carbocycles. The van der Waals surface area contributed by atoms with E-state index in [1.54, 1.807) is 6.20 Å². The Morgan fingerprint density at radius 3 is 2.20 bits per heavy atom. The quantitative estimate of drug-likeness (QED) is 0.654. The van der Waals surface area contributed by atoms with Crippen molar-refractivity contribution >= 4 is 23.0 Å². The highest BCUT2D eigenvalue weighted by Gasteiger charge is 2.03. The van der Waals surface area contributed by atoms with E-state index in [0.29, 0.717) is 6.42 Å². The van der Waals surface area contributed by atoms with Gasteiger partial charge in [0.15, 0.2) is 0 Å². The zero-order valence-electron chi connectivity index (χ0n) is 14.0. The maximum atomic E-state index is 12.0. The Morgan fingerprint density at radius 2 is 1.48 bits per heavy atom. The van der Waals surface area contributed by atoms with Crippen molar-refractivity contribution in [1.29, 1.82) is 0 Å². The Hall–Kier alpha value is -3.14. The van der Waals surface area contributed by atoms with Gasteiger partial charge in [0.05, 0.1) is 0 Å². The third kappa shape index (κ3) is 5.46. The van der Waals surface area contributed by atoms with Crippen molar-refractivity contribution in [2.24, 2.45) is 0 Å². The van der Waals surface area contributed by atoms with Crippen molar-refractivity contribution in [3.8, 4) is 0 Å². The van der Waals surface area contributed by atoms with E-state index in [9.17, 15) is 4.79 Å². The second-order valence-corrected chi connectivity index (χ2v) is 5.79. The smallest absolute Gasteiger partial charge is 0.224 e. The van der Waals surface area contributed by atoms with Crippen LogP contribution >= 0.6 is 0 Å². The maximum absolute atomic E-state index is 12.0. The second kappa shape index (κ2) is 8.64. The predicted molar refractivity (Wildman–Crippen MR) is 102 cm³/mol. The fourth-order valence-corrected chi connectivity index (χ4v) is 2.52. The number of carbonyl (C=O) groups excluding carboxylic acids is 1. The zero-order valence-corrected chi connectivity index (χ0v) is 14.0. The van der Waals surface area contributed by atoms with Crippen molar-refractivity contribution in [3.05, 3.63) is 84.7 Å². The minimum Gasteiger partial charge on any atom is -0.356 e. The van der Waals surface area contributed by atoms with E-state index in [1.807, 2.05) is 72.8 Å². The summed E-state index contributed by atoms with van der Waals surface area (Å²) in [5, 5.41) is 6.25. The fraction of sp³-hybridized carbons (Fsp3) is 0.143. The number of benzene rings is 2. The summed E-state index contributed by atoms with van der Waals surface area (Å²) in [6.07, 6.45) is 3.87. The van der Waals surface area contributed by atoms with Crippen molar-refractivity contribution in [2.75, 3.05) is 10.6 Å². The minimum absolute atomic E-state index is 0.0275. The third-order valence-corrected chi connectivity index (χ3v) is 3.79. The van der Waals surface area contributed by atoms with Crippen LogP contribution < -0.4 is 10.6 Å². The topological polar surface area (TPSA) is 54.0 Å². The summed E-state index contributed by atoms with van der Waals surface area (Å²) in [6.45, 7) is 0. The molecule has 4 nitrogen and oxygen atoms in total. The summed E-state index contributed by atoms with van der Waals surface area (Å²) < 4.78 is 0. The molecule has 3 aromatic rings. The first-order valence-electron chi connectivity index (χ1n) is 8.41. The lowest BCUT2D eigenvalue weighted by molar-refractivity contribution is -0.116. The van der Waals surface area contributed by atoms with E-state index in [0.717, 1.165) is 35.6 Å². The molecule has 3 rings (SSSR count). The van der Waals surface area contributed by atoms with Gasteiger partial charge in [-0.05, 0) is 61.4 Å². The first kappa shape index (κ1) is 16.7.